The summed E-state index contributed by atoms with van der Waals surface area (Å²) in [5.41, 5.74) is 0.749. The van der Waals surface area contributed by atoms with Gasteiger partial charge in [0.2, 0.25) is 0 Å². The fourth-order valence-corrected chi connectivity index (χ4v) is 3.64. The van der Waals surface area contributed by atoms with E-state index in [4.69, 9.17) is 11.6 Å². The number of sulfonamides is 1. The van der Waals surface area contributed by atoms with Crippen LogP contribution >= 0.6 is 11.6 Å². The van der Waals surface area contributed by atoms with E-state index in [1.165, 1.54) is 16.7 Å². The normalized spacial score (nSPS) is 16.6. The predicted octanol–water partition coefficient (Wildman–Crippen LogP) is 1.84. The highest BCUT2D eigenvalue weighted by Crippen LogP contribution is 2.33. The Morgan fingerprint density at radius 3 is 2.72 bits per heavy atom. The van der Waals surface area contributed by atoms with Crippen molar-refractivity contribution in [2.24, 2.45) is 0 Å². The molecule has 7 heteroatoms. The Labute approximate surface area is 109 Å². The number of fused-ring (bicyclic) bond motifs is 1. The average molecular weight is 282 g/mol. The van der Waals surface area contributed by atoms with Crippen molar-refractivity contribution >= 4 is 27.4 Å². The van der Waals surface area contributed by atoms with Crippen molar-refractivity contribution in [2.75, 3.05) is 4.31 Å². The summed E-state index contributed by atoms with van der Waals surface area (Å²) in [4.78, 5) is 8.15. The van der Waals surface area contributed by atoms with E-state index in [2.05, 4.69) is 9.97 Å². The van der Waals surface area contributed by atoms with Gasteiger partial charge in [0.25, 0.3) is 10.0 Å². The number of halogens is 1. The molecule has 2 aromatic rings. The molecule has 0 saturated heterocycles. The highest BCUT2D eigenvalue weighted by atomic mass is 35.5. The molecule has 0 N–H and O–H groups in total. The number of nitrogens with zero attached hydrogens (tertiary/aromatic N) is 3. The van der Waals surface area contributed by atoms with Gasteiger partial charge in [0.15, 0.2) is 5.82 Å². The average Bonchev–Trinajstić information content (AvgIpc) is 2.62. The fourth-order valence-electron chi connectivity index (χ4n) is 1.90. The van der Waals surface area contributed by atoms with Crippen molar-refractivity contribution in [1.82, 2.24) is 9.97 Å². The van der Waals surface area contributed by atoms with E-state index in [1.54, 1.807) is 18.2 Å². The summed E-state index contributed by atoms with van der Waals surface area (Å²) in [5.74, 6) is 0.235. The Bertz CT molecular complexity index is 718. The lowest BCUT2D eigenvalue weighted by atomic mass is 10.2. The maximum atomic E-state index is 12.3. The Morgan fingerprint density at radius 1 is 1.22 bits per heavy atom. The lowest BCUT2D eigenvalue weighted by molar-refractivity contribution is 0.596. The zero-order chi connectivity index (χ0) is 12.8. The Morgan fingerprint density at radius 2 is 2.00 bits per heavy atom. The minimum Gasteiger partial charge on any atom is -0.258 e. The third kappa shape index (κ3) is 1.65. The first-order chi connectivity index (χ1) is 8.59. The molecular weight excluding hydrogens is 274 g/mol. The molecule has 0 atom stereocenters. The monoisotopic (exact) mass is 281 g/mol. The summed E-state index contributed by atoms with van der Waals surface area (Å²) in [5, 5.41) is 0.165. The molecule has 0 amide bonds. The molecule has 18 heavy (non-hydrogen) atoms. The second kappa shape index (κ2) is 3.93. The van der Waals surface area contributed by atoms with E-state index in [0.29, 0.717) is 4.90 Å². The number of hydrogen-bond acceptors (Lipinski definition) is 4. The van der Waals surface area contributed by atoms with Crippen molar-refractivity contribution in [2.45, 2.75) is 11.4 Å². The molecule has 5 nitrogen and oxygen atoms in total. The SMILES string of the molecule is O=S1(=O)c2ccccc2CN1c1cncc(Cl)n1. The molecular formula is C11H8ClN3O2S. The molecule has 0 bridgehead atoms. The van der Waals surface area contributed by atoms with E-state index >= 15 is 0 Å². The Hall–Kier alpha value is -1.66. The summed E-state index contributed by atoms with van der Waals surface area (Å²) in [6, 6.07) is 6.87. The van der Waals surface area contributed by atoms with Crippen molar-refractivity contribution < 1.29 is 8.42 Å². The van der Waals surface area contributed by atoms with Gasteiger partial charge >= 0.3 is 0 Å². The fraction of sp³-hybridized carbons (Fsp3) is 0.0909. The van der Waals surface area contributed by atoms with Crippen LogP contribution in [0, 0.1) is 0 Å². The van der Waals surface area contributed by atoms with Crippen LogP contribution in [0.3, 0.4) is 0 Å². The summed E-state index contributed by atoms with van der Waals surface area (Å²) in [7, 11) is -3.54. The molecule has 1 aromatic heterocycles. The molecule has 2 heterocycles. The topological polar surface area (TPSA) is 63.2 Å². The van der Waals surface area contributed by atoms with Crippen LogP contribution in [0.5, 0.6) is 0 Å². The smallest absolute Gasteiger partial charge is 0.258 e. The molecule has 92 valence electrons. The lowest BCUT2D eigenvalue weighted by Crippen LogP contribution is -2.24. The van der Waals surface area contributed by atoms with Gasteiger partial charge in [0, 0.05) is 0 Å². The number of anilines is 1. The molecule has 0 saturated carbocycles. The number of rotatable bonds is 1. The van der Waals surface area contributed by atoms with E-state index in [9.17, 15) is 8.42 Å². The van der Waals surface area contributed by atoms with E-state index in [1.807, 2.05) is 6.07 Å². The quantitative estimate of drug-likeness (QED) is 0.800. The van der Waals surface area contributed by atoms with Crippen LogP contribution in [0.1, 0.15) is 5.56 Å². The minimum atomic E-state index is -3.54. The molecule has 3 rings (SSSR count). The first-order valence-corrected chi connectivity index (χ1v) is 6.99. The van der Waals surface area contributed by atoms with Gasteiger partial charge in [-0.1, -0.05) is 29.8 Å². The maximum absolute atomic E-state index is 12.3. The number of hydrogen-bond donors (Lipinski definition) is 0. The van der Waals surface area contributed by atoms with Crippen LogP contribution in [0.15, 0.2) is 41.6 Å². The van der Waals surface area contributed by atoms with Gasteiger partial charge in [0.05, 0.1) is 23.8 Å². The van der Waals surface area contributed by atoms with Crippen molar-refractivity contribution in [3.8, 4) is 0 Å². The van der Waals surface area contributed by atoms with Gasteiger partial charge in [0.1, 0.15) is 5.15 Å². The Balaban J connectivity index is 2.14. The second-order valence-electron chi connectivity index (χ2n) is 3.82. The molecule has 0 aliphatic carbocycles. The zero-order valence-corrected chi connectivity index (χ0v) is 10.7. The van der Waals surface area contributed by atoms with Gasteiger partial charge < -0.3 is 0 Å². The molecule has 1 aliphatic heterocycles. The molecule has 0 unspecified atom stereocenters. The second-order valence-corrected chi connectivity index (χ2v) is 6.04. The summed E-state index contributed by atoms with van der Waals surface area (Å²) >= 11 is 5.73. The zero-order valence-electron chi connectivity index (χ0n) is 9.12. The van der Waals surface area contributed by atoms with Crippen molar-refractivity contribution in [3.63, 3.8) is 0 Å². The van der Waals surface area contributed by atoms with Crippen LogP contribution in [-0.2, 0) is 16.6 Å². The number of benzene rings is 1. The number of aromatic nitrogens is 2. The van der Waals surface area contributed by atoms with Crippen LogP contribution in [0.2, 0.25) is 5.15 Å². The Kier molecular flexibility index (Phi) is 2.49. The molecule has 1 aromatic carbocycles. The molecule has 0 spiro atoms. The maximum Gasteiger partial charge on any atom is 0.266 e. The highest BCUT2D eigenvalue weighted by molar-refractivity contribution is 7.93. The summed E-state index contributed by atoms with van der Waals surface area (Å²) < 4.78 is 25.8. The van der Waals surface area contributed by atoms with Gasteiger partial charge in [-0.3, -0.25) is 4.98 Å². The lowest BCUT2D eigenvalue weighted by Gasteiger charge is -2.15. The molecule has 0 radical (unpaired) electrons. The highest BCUT2D eigenvalue weighted by Gasteiger charge is 2.35. The van der Waals surface area contributed by atoms with Crippen molar-refractivity contribution in [3.05, 3.63) is 47.4 Å². The standard InChI is InChI=1S/C11H8ClN3O2S/c12-10-5-13-6-11(14-10)15-7-8-3-1-2-4-9(8)18(15,16)17/h1-6H,7H2. The first kappa shape index (κ1) is 11.4. The summed E-state index contributed by atoms with van der Waals surface area (Å²) in [6.07, 6.45) is 2.75. The van der Waals surface area contributed by atoms with Crippen LogP contribution in [0.4, 0.5) is 5.82 Å². The van der Waals surface area contributed by atoms with Gasteiger partial charge in [-0.25, -0.2) is 17.7 Å². The van der Waals surface area contributed by atoms with Crippen LogP contribution in [-0.4, -0.2) is 18.4 Å². The molecule has 1 aliphatic rings. The minimum absolute atomic E-state index is 0.165. The van der Waals surface area contributed by atoms with Crippen LogP contribution in [0.25, 0.3) is 0 Å². The third-order valence-electron chi connectivity index (χ3n) is 2.70. The van der Waals surface area contributed by atoms with Gasteiger partial charge in [-0.15, -0.1) is 0 Å². The molecule has 0 fully saturated rings. The van der Waals surface area contributed by atoms with Gasteiger partial charge in [-0.05, 0) is 11.6 Å². The largest absolute Gasteiger partial charge is 0.266 e. The van der Waals surface area contributed by atoms with Crippen molar-refractivity contribution in [1.29, 1.82) is 0 Å². The summed E-state index contributed by atoms with van der Waals surface area (Å²) in [6.45, 7) is 0.257. The van der Waals surface area contributed by atoms with Crippen LogP contribution < -0.4 is 4.31 Å². The predicted molar refractivity (Wildman–Crippen MR) is 66.9 cm³/mol. The first-order valence-electron chi connectivity index (χ1n) is 5.17. The third-order valence-corrected chi connectivity index (χ3v) is 4.74. The van der Waals surface area contributed by atoms with E-state index < -0.39 is 10.0 Å². The van der Waals surface area contributed by atoms with E-state index in [-0.39, 0.29) is 17.5 Å². The van der Waals surface area contributed by atoms with Gasteiger partial charge in [-0.2, -0.15) is 0 Å². The van der Waals surface area contributed by atoms with E-state index in [0.717, 1.165) is 5.56 Å².